The predicted molar refractivity (Wildman–Crippen MR) is 71.0 cm³/mol. The van der Waals surface area contributed by atoms with E-state index in [0.29, 0.717) is 6.42 Å². The number of ketones is 1. The monoisotopic (exact) mass is 252 g/mol. The molecule has 0 aromatic heterocycles. The van der Waals surface area contributed by atoms with E-state index in [2.05, 4.69) is 0 Å². The maximum Gasteiger partial charge on any atom is 0.140 e. The summed E-state index contributed by atoms with van der Waals surface area (Å²) in [5.74, 6) is -1.02. The standard InChI is InChI=1S/C16H16N2O/c1-11-5-7-12(8-6-11)16(13(9-17)10-18)14-3-2-4-15(14)19/h5-8,13-14,16H,2-4H2,1H3. The number of carbonyl (C=O) groups excluding carboxylic acids is 1. The van der Waals surface area contributed by atoms with E-state index in [1.807, 2.05) is 43.3 Å². The Morgan fingerprint density at radius 1 is 1.21 bits per heavy atom. The van der Waals surface area contributed by atoms with E-state index in [4.69, 9.17) is 0 Å². The number of carbonyl (C=O) groups is 1. The van der Waals surface area contributed by atoms with E-state index in [9.17, 15) is 15.3 Å². The third-order valence-corrected chi connectivity index (χ3v) is 3.88. The van der Waals surface area contributed by atoms with Crippen LogP contribution >= 0.6 is 0 Å². The summed E-state index contributed by atoms with van der Waals surface area (Å²) in [6.07, 6.45) is 2.24. The van der Waals surface area contributed by atoms with Crippen molar-refractivity contribution < 1.29 is 4.79 Å². The zero-order valence-corrected chi connectivity index (χ0v) is 11.0. The Balaban J connectivity index is 2.40. The molecule has 1 aromatic carbocycles. The van der Waals surface area contributed by atoms with Crippen molar-refractivity contribution >= 4 is 5.78 Å². The smallest absolute Gasteiger partial charge is 0.140 e. The quantitative estimate of drug-likeness (QED) is 0.830. The van der Waals surface area contributed by atoms with Crippen LogP contribution in [0.3, 0.4) is 0 Å². The zero-order chi connectivity index (χ0) is 13.8. The van der Waals surface area contributed by atoms with Crippen LogP contribution in [0.1, 0.15) is 36.3 Å². The molecule has 0 saturated heterocycles. The molecule has 3 nitrogen and oxygen atoms in total. The van der Waals surface area contributed by atoms with Crippen LogP contribution in [-0.4, -0.2) is 5.78 Å². The lowest BCUT2D eigenvalue weighted by molar-refractivity contribution is -0.121. The van der Waals surface area contributed by atoms with Crippen molar-refractivity contribution in [3.63, 3.8) is 0 Å². The number of rotatable bonds is 3. The molecule has 0 spiro atoms. The van der Waals surface area contributed by atoms with E-state index in [1.165, 1.54) is 0 Å². The Labute approximate surface area is 113 Å². The minimum atomic E-state index is -0.755. The molecule has 0 heterocycles. The second-order valence-electron chi connectivity index (χ2n) is 5.14. The number of hydrogen-bond acceptors (Lipinski definition) is 3. The van der Waals surface area contributed by atoms with Gasteiger partial charge in [0.1, 0.15) is 11.7 Å². The van der Waals surface area contributed by atoms with E-state index in [0.717, 1.165) is 24.0 Å². The van der Waals surface area contributed by atoms with E-state index in [1.54, 1.807) is 0 Å². The van der Waals surface area contributed by atoms with Crippen molar-refractivity contribution in [2.24, 2.45) is 11.8 Å². The number of hydrogen-bond donors (Lipinski definition) is 0. The Hall–Kier alpha value is -2.13. The zero-order valence-electron chi connectivity index (χ0n) is 11.0. The Kier molecular flexibility index (Phi) is 3.97. The molecule has 0 radical (unpaired) electrons. The van der Waals surface area contributed by atoms with E-state index < -0.39 is 5.92 Å². The van der Waals surface area contributed by atoms with Gasteiger partial charge in [-0.15, -0.1) is 0 Å². The molecule has 0 amide bonds. The first-order valence-corrected chi connectivity index (χ1v) is 6.56. The summed E-state index contributed by atoms with van der Waals surface area (Å²) < 4.78 is 0. The highest BCUT2D eigenvalue weighted by Gasteiger charge is 2.38. The molecule has 19 heavy (non-hydrogen) atoms. The fourth-order valence-corrected chi connectivity index (χ4v) is 2.86. The average molecular weight is 252 g/mol. The van der Waals surface area contributed by atoms with Crippen LogP contribution in [0.15, 0.2) is 24.3 Å². The SMILES string of the molecule is Cc1ccc(C(C(C#N)C#N)C2CCCC2=O)cc1. The van der Waals surface area contributed by atoms with Gasteiger partial charge in [0, 0.05) is 18.3 Å². The number of nitriles is 2. The van der Waals surface area contributed by atoms with Crippen LogP contribution in [0.4, 0.5) is 0 Å². The van der Waals surface area contributed by atoms with Gasteiger partial charge in [-0.1, -0.05) is 29.8 Å². The van der Waals surface area contributed by atoms with Gasteiger partial charge in [-0.25, -0.2) is 0 Å². The van der Waals surface area contributed by atoms with Crippen molar-refractivity contribution in [1.82, 2.24) is 0 Å². The summed E-state index contributed by atoms with van der Waals surface area (Å²) in [6, 6.07) is 11.9. The van der Waals surface area contributed by atoms with Crippen molar-refractivity contribution in [1.29, 1.82) is 10.5 Å². The molecule has 0 bridgehead atoms. The summed E-state index contributed by atoms with van der Waals surface area (Å²) in [5, 5.41) is 18.4. The van der Waals surface area contributed by atoms with Crippen LogP contribution < -0.4 is 0 Å². The topological polar surface area (TPSA) is 64.7 Å². The Morgan fingerprint density at radius 3 is 2.32 bits per heavy atom. The first-order valence-electron chi connectivity index (χ1n) is 6.56. The summed E-state index contributed by atoms with van der Waals surface area (Å²) in [7, 11) is 0. The highest BCUT2D eigenvalue weighted by molar-refractivity contribution is 5.84. The summed E-state index contributed by atoms with van der Waals surface area (Å²) in [5.41, 5.74) is 2.06. The Morgan fingerprint density at radius 2 is 1.84 bits per heavy atom. The second kappa shape index (κ2) is 5.67. The molecule has 2 atom stereocenters. The normalized spacial score (nSPS) is 20.0. The summed E-state index contributed by atoms with van der Waals surface area (Å²) >= 11 is 0. The fourth-order valence-electron chi connectivity index (χ4n) is 2.86. The summed E-state index contributed by atoms with van der Waals surface area (Å²) in [6.45, 7) is 1.99. The van der Waals surface area contributed by atoms with Crippen LogP contribution in [0.25, 0.3) is 0 Å². The molecule has 2 unspecified atom stereocenters. The Bertz CT molecular complexity index is 534. The first-order chi connectivity index (χ1) is 9.17. The molecule has 96 valence electrons. The van der Waals surface area contributed by atoms with Gasteiger partial charge >= 0.3 is 0 Å². The lowest BCUT2D eigenvalue weighted by Gasteiger charge is -2.23. The minimum Gasteiger partial charge on any atom is -0.299 e. The maximum atomic E-state index is 12.0. The van der Waals surface area contributed by atoms with Gasteiger partial charge in [-0.05, 0) is 25.3 Å². The molecule has 1 aliphatic carbocycles. The third-order valence-electron chi connectivity index (χ3n) is 3.88. The molecule has 0 N–H and O–H groups in total. The molecule has 2 rings (SSSR count). The van der Waals surface area contributed by atoms with Crippen LogP contribution in [0.5, 0.6) is 0 Å². The second-order valence-corrected chi connectivity index (χ2v) is 5.14. The van der Waals surface area contributed by atoms with Crippen LogP contribution in [0, 0.1) is 41.4 Å². The molecular formula is C16H16N2O. The van der Waals surface area contributed by atoms with Gasteiger partial charge in [0.15, 0.2) is 0 Å². The van der Waals surface area contributed by atoms with Gasteiger partial charge in [-0.2, -0.15) is 10.5 Å². The van der Waals surface area contributed by atoms with Crippen molar-refractivity contribution in [3.8, 4) is 12.1 Å². The van der Waals surface area contributed by atoms with Gasteiger partial charge in [-0.3, -0.25) is 4.79 Å². The lowest BCUT2D eigenvalue weighted by atomic mass is 9.76. The molecule has 1 fully saturated rings. The van der Waals surface area contributed by atoms with Crippen molar-refractivity contribution in [3.05, 3.63) is 35.4 Å². The molecular weight excluding hydrogens is 236 g/mol. The van der Waals surface area contributed by atoms with Crippen molar-refractivity contribution in [2.45, 2.75) is 32.1 Å². The van der Waals surface area contributed by atoms with E-state index >= 15 is 0 Å². The van der Waals surface area contributed by atoms with Gasteiger partial charge in [0.05, 0.1) is 12.1 Å². The van der Waals surface area contributed by atoms with Crippen molar-refractivity contribution in [2.75, 3.05) is 0 Å². The average Bonchev–Trinajstić information content (AvgIpc) is 2.83. The van der Waals surface area contributed by atoms with Crippen LogP contribution in [0.2, 0.25) is 0 Å². The molecule has 3 heteroatoms. The minimum absolute atomic E-state index is 0.174. The highest BCUT2D eigenvalue weighted by Crippen LogP contribution is 2.39. The third kappa shape index (κ3) is 2.66. The van der Waals surface area contributed by atoms with E-state index in [-0.39, 0.29) is 17.6 Å². The lowest BCUT2D eigenvalue weighted by Crippen LogP contribution is -2.23. The first kappa shape index (κ1) is 13.3. The summed E-state index contributed by atoms with van der Waals surface area (Å²) in [4.78, 5) is 12.0. The number of nitrogens with zero attached hydrogens (tertiary/aromatic N) is 2. The largest absolute Gasteiger partial charge is 0.299 e. The van der Waals surface area contributed by atoms with Gasteiger partial charge in [0.25, 0.3) is 0 Å². The maximum absolute atomic E-state index is 12.0. The molecule has 1 aromatic rings. The molecule has 1 saturated carbocycles. The van der Waals surface area contributed by atoms with Crippen LogP contribution in [-0.2, 0) is 4.79 Å². The molecule has 1 aliphatic rings. The fraction of sp³-hybridized carbons (Fsp3) is 0.438. The van der Waals surface area contributed by atoms with Gasteiger partial charge in [0.2, 0.25) is 0 Å². The molecule has 0 aliphatic heterocycles. The van der Waals surface area contributed by atoms with Gasteiger partial charge < -0.3 is 0 Å². The number of aryl methyl sites for hydroxylation is 1. The predicted octanol–water partition coefficient (Wildman–Crippen LogP) is 3.11. The number of Topliss-reactive ketones (excluding diaryl/α,β-unsaturated/α-hetero) is 1. The number of benzene rings is 1. The highest BCUT2D eigenvalue weighted by atomic mass is 16.1.